The molecule has 1 aromatic carbocycles. The molecule has 7 nitrogen and oxygen atoms in total. The number of hydrogen-bond acceptors (Lipinski definition) is 6. The first kappa shape index (κ1) is 20.6. The van der Waals surface area contributed by atoms with E-state index >= 15 is 0 Å². The van der Waals surface area contributed by atoms with E-state index in [-0.39, 0.29) is 36.4 Å². The predicted octanol–water partition coefficient (Wildman–Crippen LogP) is 2.93. The lowest BCUT2D eigenvalue weighted by Crippen LogP contribution is -2.37. The van der Waals surface area contributed by atoms with Crippen molar-refractivity contribution in [2.24, 2.45) is 11.8 Å². The van der Waals surface area contributed by atoms with Gasteiger partial charge in [0.1, 0.15) is 0 Å². The summed E-state index contributed by atoms with van der Waals surface area (Å²) in [5.74, 6) is -1.21. The van der Waals surface area contributed by atoms with Gasteiger partial charge in [-0.25, -0.2) is 4.79 Å². The minimum atomic E-state index is -0.450. The Morgan fingerprint density at radius 2 is 1.93 bits per heavy atom. The van der Waals surface area contributed by atoms with E-state index in [0.717, 1.165) is 10.9 Å². The number of nitrogens with one attached hydrogen (secondary N) is 1. The number of aromatic nitrogens is 1. The Hall–Kier alpha value is -3.09. The molecule has 1 aliphatic rings. The van der Waals surface area contributed by atoms with Crippen LogP contribution >= 0.6 is 0 Å². The van der Waals surface area contributed by atoms with E-state index in [2.05, 4.69) is 4.98 Å². The number of fused-ring (bicyclic) bond motifs is 1. The lowest BCUT2D eigenvalue weighted by Gasteiger charge is -2.36. The number of Topliss-reactive ketones (excluding diaryl/α,β-unsaturated/α-hetero) is 1. The Morgan fingerprint density at radius 1 is 1.17 bits per heavy atom. The molecule has 0 radical (unpaired) electrons. The van der Waals surface area contributed by atoms with Crippen LogP contribution in [0.5, 0.6) is 0 Å². The zero-order valence-electron chi connectivity index (χ0n) is 16.9. The highest BCUT2D eigenvalue weighted by Crippen LogP contribution is 2.35. The molecule has 1 aromatic heterocycles. The second-order valence-corrected chi connectivity index (χ2v) is 7.39. The number of nitrogens with zero attached hydrogens (tertiary/aromatic N) is 1. The smallest absolute Gasteiger partial charge is 0.335 e. The van der Waals surface area contributed by atoms with Gasteiger partial charge in [0.2, 0.25) is 0 Å². The van der Waals surface area contributed by atoms with Crippen LogP contribution in [0.2, 0.25) is 0 Å². The molecule has 3 rings (SSSR count). The average molecular weight is 398 g/mol. The summed E-state index contributed by atoms with van der Waals surface area (Å²) in [5, 5.41) is 0.963. The van der Waals surface area contributed by atoms with Crippen LogP contribution in [0, 0.1) is 11.8 Å². The van der Waals surface area contributed by atoms with Gasteiger partial charge >= 0.3 is 11.9 Å². The summed E-state index contributed by atoms with van der Waals surface area (Å²) in [5.41, 5.74) is 1.87. The van der Waals surface area contributed by atoms with E-state index in [4.69, 9.17) is 9.47 Å². The summed E-state index contributed by atoms with van der Waals surface area (Å²) in [6, 6.07) is 9.52. The van der Waals surface area contributed by atoms with Gasteiger partial charge in [0.15, 0.2) is 5.78 Å². The third kappa shape index (κ3) is 4.67. The molecule has 29 heavy (non-hydrogen) atoms. The van der Waals surface area contributed by atoms with E-state index in [0.29, 0.717) is 24.2 Å². The molecule has 0 saturated heterocycles. The topological polar surface area (TPSA) is 88.7 Å². The first-order chi connectivity index (χ1) is 13.9. The monoisotopic (exact) mass is 398 g/mol. The SMILES string of the molecule is COC(=O)CC[C@H]1CN(C)C=C(C(=O)OC)[C@H]1CC(=O)c1cc2ccccc2[nH]1. The van der Waals surface area contributed by atoms with Crippen LogP contribution in [-0.2, 0) is 19.1 Å². The predicted molar refractivity (Wildman–Crippen MR) is 108 cm³/mol. The Bertz CT molecular complexity index is 913. The van der Waals surface area contributed by atoms with Crippen LogP contribution in [0.25, 0.3) is 10.9 Å². The second-order valence-electron chi connectivity index (χ2n) is 7.39. The van der Waals surface area contributed by atoms with Crippen molar-refractivity contribution in [3.8, 4) is 0 Å². The summed E-state index contributed by atoms with van der Waals surface area (Å²) in [6.07, 6.45) is 2.66. The number of ether oxygens (including phenoxy) is 2. The van der Waals surface area contributed by atoms with Gasteiger partial charge in [0.05, 0.1) is 25.5 Å². The molecule has 0 aliphatic carbocycles. The zero-order chi connectivity index (χ0) is 21.0. The third-order valence-electron chi connectivity index (χ3n) is 5.45. The van der Waals surface area contributed by atoms with E-state index in [1.165, 1.54) is 14.2 Å². The molecule has 2 aromatic rings. The molecule has 7 heteroatoms. The standard InChI is InChI=1S/C22H26N2O5/c1-24-12-15(8-9-21(26)28-2)16(17(13-24)22(27)29-3)11-20(25)19-10-14-6-4-5-7-18(14)23-19/h4-7,10,13,15-16,23H,8-9,11-12H2,1-3H3/t15-,16-/m0/s1. The van der Waals surface area contributed by atoms with Crippen molar-refractivity contribution >= 4 is 28.6 Å². The van der Waals surface area contributed by atoms with Crippen LogP contribution in [0.4, 0.5) is 0 Å². The quantitative estimate of drug-likeness (QED) is 0.570. The van der Waals surface area contributed by atoms with Crippen molar-refractivity contribution in [3.05, 3.63) is 47.8 Å². The van der Waals surface area contributed by atoms with E-state index in [1.807, 2.05) is 42.3 Å². The normalized spacial score (nSPS) is 19.0. The number of esters is 2. The molecule has 0 amide bonds. The van der Waals surface area contributed by atoms with Gasteiger partial charge in [0, 0.05) is 49.5 Å². The number of ketones is 1. The number of H-pyrrole nitrogens is 1. The fourth-order valence-corrected chi connectivity index (χ4v) is 3.97. The number of para-hydroxylation sites is 1. The number of hydrogen-bond donors (Lipinski definition) is 1. The minimum Gasteiger partial charge on any atom is -0.469 e. The van der Waals surface area contributed by atoms with Gasteiger partial charge in [-0.15, -0.1) is 0 Å². The Morgan fingerprint density at radius 3 is 2.62 bits per heavy atom. The molecule has 0 saturated carbocycles. The van der Waals surface area contributed by atoms with Gasteiger partial charge in [-0.3, -0.25) is 9.59 Å². The highest BCUT2D eigenvalue weighted by molar-refractivity contribution is 6.00. The molecule has 154 valence electrons. The number of aromatic amines is 1. The molecule has 2 heterocycles. The lowest BCUT2D eigenvalue weighted by atomic mass is 9.77. The molecular weight excluding hydrogens is 372 g/mol. The van der Waals surface area contributed by atoms with E-state index in [1.54, 1.807) is 6.20 Å². The maximum absolute atomic E-state index is 13.0. The number of rotatable bonds is 7. The molecule has 1 aliphatic heterocycles. The molecular formula is C22H26N2O5. The molecule has 2 atom stereocenters. The fourth-order valence-electron chi connectivity index (χ4n) is 3.97. The van der Waals surface area contributed by atoms with Gasteiger partial charge in [0.25, 0.3) is 0 Å². The Kier molecular flexibility index (Phi) is 6.36. The summed E-state index contributed by atoms with van der Waals surface area (Å²) in [4.78, 5) is 42.1. The van der Waals surface area contributed by atoms with Crippen LogP contribution in [0.1, 0.15) is 29.8 Å². The lowest BCUT2D eigenvalue weighted by molar-refractivity contribution is -0.141. The minimum absolute atomic E-state index is 0.0495. The van der Waals surface area contributed by atoms with Crippen molar-refractivity contribution < 1.29 is 23.9 Å². The maximum atomic E-state index is 13.0. The van der Waals surface area contributed by atoms with Crippen LogP contribution in [0.3, 0.4) is 0 Å². The van der Waals surface area contributed by atoms with Gasteiger partial charge in [-0.2, -0.15) is 0 Å². The van der Waals surface area contributed by atoms with Gasteiger partial charge in [-0.1, -0.05) is 18.2 Å². The summed E-state index contributed by atoms with van der Waals surface area (Å²) >= 11 is 0. The highest BCUT2D eigenvalue weighted by Gasteiger charge is 2.36. The Balaban J connectivity index is 1.86. The van der Waals surface area contributed by atoms with Crippen molar-refractivity contribution in [2.45, 2.75) is 19.3 Å². The summed E-state index contributed by atoms with van der Waals surface area (Å²) in [7, 11) is 4.55. The van der Waals surface area contributed by atoms with Crippen molar-refractivity contribution in [3.63, 3.8) is 0 Å². The molecule has 0 fully saturated rings. The number of methoxy groups -OCH3 is 2. The largest absolute Gasteiger partial charge is 0.469 e. The van der Waals surface area contributed by atoms with Crippen molar-refractivity contribution in [1.82, 2.24) is 9.88 Å². The third-order valence-corrected chi connectivity index (χ3v) is 5.45. The fraction of sp³-hybridized carbons (Fsp3) is 0.409. The second kappa shape index (κ2) is 8.94. The maximum Gasteiger partial charge on any atom is 0.335 e. The molecule has 0 spiro atoms. The van der Waals surface area contributed by atoms with Gasteiger partial charge < -0.3 is 19.4 Å². The number of carbonyl (C=O) groups excluding carboxylic acids is 3. The Labute approximate surface area is 169 Å². The molecule has 1 N–H and O–H groups in total. The molecule has 0 unspecified atom stereocenters. The average Bonchev–Trinajstić information content (AvgIpc) is 3.17. The highest BCUT2D eigenvalue weighted by atomic mass is 16.5. The van der Waals surface area contributed by atoms with Crippen molar-refractivity contribution in [2.75, 3.05) is 27.8 Å². The van der Waals surface area contributed by atoms with Gasteiger partial charge in [-0.05, 0) is 24.5 Å². The van der Waals surface area contributed by atoms with E-state index < -0.39 is 5.97 Å². The first-order valence-electron chi connectivity index (χ1n) is 9.61. The zero-order valence-corrected chi connectivity index (χ0v) is 16.9. The van der Waals surface area contributed by atoms with Crippen LogP contribution < -0.4 is 0 Å². The summed E-state index contributed by atoms with van der Waals surface area (Å²) < 4.78 is 9.71. The van der Waals surface area contributed by atoms with Crippen LogP contribution in [0.15, 0.2) is 42.1 Å². The van der Waals surface area contributed by atoms with Crippen LogP contribution in [-0.4, -0.2) is 55.4 Å². The first-order valence-corrected chi connectivity index (χ1v) is 9.61. The number of benzene rings is 1. The summed E-state index contributed by atoms with van der Waals surface area (Å²) in [6.45, 7) is 0.641. The number of carbonyl (C=O) groups is 3. The molecule has 0 bridgehead atoms. The van der Waals surface area contributed by atoms with Crippen molar-refractivity contribution in [1.29, 1.82) is 0 Å². The van der Waals surface area contributed by atoms with E-state index in [9.17, 15) is 14.4 Å².